The Labute approximate surface area is 81.5 Å². The molecule has 0 radical (unpaired) electrons. The second kappa shape index (κ2) is 5.97. The predicted octanol–water partition coefficient (Wildman–Crippen LogP) is 1.10. The molecule has 0 saturated heterocycles. The first-order valence-electron chi connectivity index (χ1n) is 4.88. The summed E-state index contributed by atoms with van der Waals surface area (Å²) in [5.41, 5.74) is 0. The molecule has 13 heavy (non-hydrogen) atoms. The number of nitrogens with zero attached hydrogens (tertiary/aromatic N) is 1. The summed E-state index contributed by atoms with van der Waals surface area (Å²) < 4.78 is 0. The van der Waals surface area contributed by atoms with Gasteiger partial charge in [0.15, 0.2) is 0 Å². The number of hydrogen-bond donors (Lipinski definition) is 1. The first-order valence-corrected chi connectivity index (χ1v) is 4.88. The van der Waals surface area contributed by atoms with Crippen LogP contribution in [0.1, 0.15) is 27.2 Å². The Kier molecular flexibility index (Phi) is 5.71. The van der Waals surface area contributed by atoms with Crippen molar-refractivity contribution in [1.82, 2.24) is 10.2 Å². The molecule has 3 heteroatoms. The fraction of sp³-hybridized carbons (Fsp3) is 0.900. The average molecular weight is 186 g/mol. The topological polar surface area (TPSA) is 32.3 Å². The second-order valence-corrected chi connectivity index (χ2v) is 4.02. The molecule has 0 aliphatic rings. The third kappa shape index (κ3) is 5.64. The van der Waals surface area contributed by atoms with Crippen molar-refractivity contribution in [3.05, 3.63) is 0 Å². The van der Waals surface area contributed by atoms with E-state index in [1.165, 1.54) is 0 Å². The largest absolute Gasteiger partial charge is 0.349 e. The molecular formula is C10H22N2O. The van der Waals surface area contributed by atoms with Crippen LogP contribution in [0.25, 0.3) is 0 Å². The number of carbonyl (C=O) groups excluding carboxylic acids is 1. The van der Waals surface area contributed by atoms with E-state index in [0.717, 1.165) is 6.54 Å². The van der Waals surface area contributed by atoms with Gasteiger partial charge in [0.05, 0.1) is 0 Å². The lowest BCUT2D eigenvalue weighted by molar-refractivity contribution is -0.128. The molecule has 0 fully saturated rings. The minimum Gasteiger partial charge on any atom is -0.349 e. The van der Waals surface area contributed by atoms with Gasteiger partial charge in [-0.3, -0.25) is 4.79 Å². The minimum atomic E-state index is 0.184. The molecule has 0 aromatic heterocycles. The SMILES string of the molecule is CC(C)C(C)NCCC(=O)N(C)C. The smallest absolute Gasteiger partial charge is 0.223 e. The maximum Gasteiger partial charge on any atom is 0.223 e. The molecule has 78 valence electrons. The molecule has 1 unspecified atom stereocenters. The molecule has 1 amide bonds. The van der Waals surface area contributed by atoms with Crippen LogP contribution in [0.5, 0.6) is 0 Å². The Morgan fingerprint density at radius 1 is 1.31 bits per heavy atom. The van der Waals surface area contributed by atoms with E-state index >= 15 is 0 Å². The molecule has 0 rings (SSSR count). The van der Waals surface area contributed by atoms with E-state index in [4.69, 9.17) is 0 Å². The van der Waals surface area contributed by atoms with E-state index in [-0.39, 0.29) is 5.91 Å². The Morgan fingerprint density at radius 2 is 1.85 bits per heavy atom. The quantitative estimate of drug-likeness (QED) is 0.697. The zero-order chi connectivity index (χ0) is 10.4. The number of nitrogens with one attached hydrogen (secondary N) is 1. The van der Waals surface area contributed by atoms with E-state index in [1.807, 2.05) is 0 Å². The summed E-state index contributed by atoms with van der Waals surface area (Å²) in [6.45, 7) is 7.26. The maximum atomic E-state index is 11.2. The summed E-state index contributed by atoms with van der Waals surface area (Å²) in [7, 11) is 3.57. The number of rotatable bonds is 5. The molecule has 1 N–H and O–H groups in total. The molecule has 0 aromatic carbocycles. The summed E-state index contributed by atoms with van der Waals surface area (Å²) in [4.78, 5) is 12.8. The Bertz CT molecular complexity index is 155. The molecule has 0 aliphatic carbocycles. The highest BCUT2D eigenvalue weighted by Crippen LogP contribution is 1.99. The van der Waals surface area contributed by atoms with Gasteiger partial charge >= 0.3 is 0 Å². The van der Waals surface area contributed by atoms with Crippen LogP contribution in [0.4, 0.5) is 0 Å². The van der Waals surface area contributed by atoms with Gasteiger partial charge in [-0.1, -0.05) is 13.8 Å². The van der Waals surface area contributed by atoms with Crippen molar-refractivity contribution < 1.29 is 4.79 Å². The van der Waals surface area contributed by atoms with Crippen molar-refractivity contribution in [2.75, 3.05) is 20.6 Å². The molecule has 0 aliphatic heterocycles. The molecule has 0 heterocycles. The van der Waals surface area contributed by atoms with Gasteiger partial charge in [-0.2, -0.15) is 0 Å². The van der Waals surface area contributed by atoms with Crippen LogP contribution in [0.2, 0.25) is 0 Å². The minimum absolute atomic E-state index is 0.184. The number of amides is 1. The van der Waals surface area contributed by atoms with Crippen LogP contribution >= 0.6 is 0 Å². The van der Waals surface area contributed by atoms with Gasteiger partial charge in [-0.05, 0) is 12.8 Å². The van der Waals surface area contributed by atoms with Crippen molar-refractivity contribution in [2.24, 2.45) is 5.92 Å². The lowest BCUT2D eigenvalue weighted by Crippen LogP contribution is -2.34. The third-order valence-corrected chi connectivity index (χ3v) is 2.30. The van der Waals surface area contributed by atoms with Crippen molar-refractivity contribution >= 4 is 5.91 Å². The standard InChI is InChI=1S/C10H22N2O/c1-8(2)9(3)11-7-6-10(13)12(4)5/h8-9,11H,6-7H2,1-5H3. The number of hydrogen-bond acceptors (Lipinski definition) is 2. The molecular weight excluding hydrogens is 164 g/mol. The van der Waals surface area contributed by atoms with Gasteiger partial charge < -0.3 is 10.2 Å². The van der Waals surface area contributed by atoms with Crippen LogP contribution in [-0.4, -0.2) is 37.5 Å². The van der Waals surface area contributed by atoms with Crippen molar-refractivity contribution in [3.8, 4) is 0 Å². The summed E-state index contributed by atoms with van der Waals surface area (Å²) in [5, 5.41) is 3.32. The van der Waals surface area contributed by atoms with Gasteiger partial charge in [-0.15, -0.1) is 0 Å². The van der Waals surface area contributed by atoms with Gasteiger partial charge in [0.2, 0.25) is 5.91 Å². The van der Waals surface area contributed by atoms with E-state index < -0.39 is 0 Å². The summed E-state index contributed by atoms with van der Waals surface area (Å²) >= 11 is 0. The van der Waals surface area contributed by atoms with E-state index in [1.54, 1.807) is 19.0 Å². The van der Waals surface area contributed by atoms with Crippen LogP contribution in [-0.2, 0) is 4.79 Å². The first-order chi connectivity index (χ1) is 5.95. The molecule has 1 atom stereocenters. The highest BCUT2D eigenvalue weighted by Gasteiger charge is 2.07. The van der Waals surface area contributed by atoms with Gasteiger partial charge in [-0.25, -0.2) is 0 Å². The molecule has 3 nitrogen and oxygen atoms in total. The second-order valence-electron chi connectivity index (χ2n) is 4.02. The lowest BCUT2D eigenvalue weighted by atomic mass is 10.1. The van der Waals surface area contributed by atoms with Crippen molar-refractivity contribution in [2.45, 2.75) is 33.2 Å². The predicted molar refractivity (Wildman–Crippen MR) is 55.6 cm³/mol. The zero-order valence-corrected chi connectivity index (χ0v) is 9.42. The van der Waals surface area contributed by atoms with Crippen LogP contribution < -0.4 is 5.32 Å². The molecule has 0 bridgehead atoms. The van der Waals surface area contributed by atoms with Gasteiger partial charge in [0.25, 0.3) is 0 Å². The summed E-state index contributed by atoms with van der Waals surface area (Å²) in [6.07, 6.45) is 0.587. The summed E-state index contributed by atoms with van der Waals surface area (Å²) in [6, 6.07) is 0.481. The molecule has 0 spiro atoms. The fourth-order valence-electron chi connectivity index (χ4n) is 0.866. The molecule has 0 aromatic rings. The van der Waals surface area contributed by atoms with Gasteiger partial charge in [0.1, 0.15) is 0 Å². The Hall–Kier alpha value is -0.570. The van der Waals surface area contributed by atoms with Gasteiger partial charge in [0, 0.05) is 33.1 Å². The Balaban J connectivity index is 3.51. The van der Waals surface area contributed by atoms with E-state index in [0.29, 0.717) is 18.4 Å². The fourth-order valence-corrected chi connectivity index (χ4v) is 0.866. The average Bonchev–Trinajstić information content (AvgIpc) is 2.03. The zero-order valence-electron chi connectivity index (χ0n) is 9.42. The van der Waals surface area contributed by atoms with Crippen LogP contribution in [0, 0.1) is 5.92 Å². The van der Waals surface area contributed by atoms with E-state index in [9.17, 15) is 4.79 Å². The number of carbonyl (C=O) groups is 1. The first kappa shape index (κ1) is 12.4. The maximum absolute atomic E-state index is 11.2. The van der Waals surface area contributed by atoms with Crippen molar-refractivity contribution in [1.29, 1.82) is 0 Å². The highest BCUT2D eigenvalue weighted by molar-refractivity contribution is 5.75. The lowest BCUT2D eigenvalue weighted by Gasteiger charge is -2.18. The van der Waals surface area contributed by atoms with Crippen LogP contribution in [0.3, 0.4) is 0 Å². The summed E-state index contributed by atoms with van der Waals surface area (Å²) in [5.74, 6) is 0.804. The normalized spacial score (nSPS) is 13.1. The highest BCUT2D eigenvalue weighted by atomic mass is 16.2. The molecule has 0 saturated carbocycles. The Morgan fingerprint density at radius 3 is 2.23 bits per heavy atom. The van der Waals surface area contributed by atoms with Crippen LogP contribution in [0.15, 0.2) is 0 Å². The van der Waals surface area contributed by atoms with E-state index in [2.05, 4.69) is 26.1 Å². The third-order valence-electron chi connectivity index (χ3n) is 2.30. The monoisotopic (exact) mass is 186 g/mol. The van der Waals surface area contributed by atoms with Crippen molar-refractivity contribution in [3.63, 3.8) is 0 Å².